The Bertz CT molecular complexity index is 271. The summed E-state index contributed by atoms with van der Waals surface area (Å²) in [6, 6.07) is 0. The van der Waals surface area contributed by atoms with Crippen LogP contribution < -0.4 is 0 Å². The molecule has 1 fully saturated rings. The molecule has 90 valence electrons. The van der Waals surface area contributed by atoms with Gasteiger partial charge in [-0.2, -0.15) is 0 Å². The van der Waals surface area contributed by atoms with Crippen molar-refractivity contribution in [2.24, 2.45) is 0 Å². The molecule has 1 heterocycles. The van der Waals surface area contributed by atoms with Crippen molar-refractivity contribution < 1.29 is 8.42 Å². The van der Waals surface area contributed by atoms with E-state index in [4.69, 9.17) is 0 Å². The van der Waals surface area contributed by atoms with E-state index in [0.29, 0.717) is 16.8 Å². The maximum atomic E-state index is 11.3. The second kappa shape index (κ2) is 6.46. The van der Waals surface area contributed by atoms with Gasteiger partial charge in [0.25, 0.3) is 0 Å². The first kappa shape index (κ1) is 13.8. The van der Waals surface area contributed by atoms with E-state index in [1.807, 2.05) is 11.4 Å². The molecule has 0 aromatic carbocycles. The van der Waals surface area contributed by atoms with E-state index in [-0.39, 0.29) is 7.12 Å². The molecule has 0 saturated carbocycles. The van der Waals surface area contributed by atoms with Crippen LogP contribution >= 0.6 is 18.5 Å². The van der Waals surface area contributed by atoms with Crippen LogP contribution in [-0.4, -0.2) is 37.5 Å². The number of hydrogen-bond donors (Lipinski definition) is 0. The summed E-state index contributed by atoms with van der Waals surface area (Å²) < 4.78 is 22.7. The first-order chi connectivity index (χ1) is 7.07. The lowest BCUT2D eigenvalue weighted by molar-refractivity contribution is 0.602. The molecule has 1 atom stereocenters. The van der Waals surface area contributed by atoms with E-state index >= 15 is 0 Å². The van der Waals surface area contributed by atoms with Crippen LogP contribution in [0.5, 0.6) is 0 Å². The molecular formula is C10H21O2PS2. The van der Waals surface area contributed by atoms with Crippen LogP contribution in [0.4, 0.5) is 0 Å². The van der Waals surface area contributed by atoms with Gasteiger partial charge in [0.2, 0.25) is 0 Å². The number of rotatable bonds is 6. The summed E-state index contributed by atoms with van der Waals surface area (Å²) >= 11 is 1.99. The van der Waals surface area contributed by atoms with Crippen LogP contribution in [0.25, 0.3) is 0 Å². The second-order valence-corrected chi connectivity index (χ2v) is 11.2. The molecular weight excluding hydrogens is 247 g/mol. The normalized spacial score (nSPS) is 24.9. The van der Waals surface area contributed by atoms with Crippen molar-refractivity contribution in [1.82, 2.24) is 0 Å². The third-order valence-corrected chi connectivity index (χ3v) is 10.2. The van der Waals surface area contributed by atoms with E-state index in [9.17, 15) is 8.42 Å². The lowest BCUT2D eigenvalue weighted by Crippen LogP contribution is -2.06. The van der Waals surface area contributed by atoms with E-state index in [1.165, 1.54) is 25.2 Å². The fourth-order valence-electron chi connectivity index (χ4n) is 1.77. The Kier molecular flexibility index (Phi) is 5.94. The van der Waals surface area contributed by atoms with Gasteiger partial charge in [0.15, 0.2) is 9.84 Å². The molecule has 0 spiro atoms. The zero-order valence-corrected chi connectivity index (χ0v) is 12.1. The third kappa shape index (κ3) is 5.06. The van der Waals surface area contributed by atoms with Crippen molar-refractivity contribution in [1.29, 1.82) is 0 Å². The predicted octanol–water partition coefficient (Wildman–Crippen LogP) is 3.12. The summed E-state index contributed by atoms with van der Waals surface area (Å²) in [5, 5.41) is 0.402. The Morgan fingerprint density at radius 1 is 1.27 bits per heavy atom. The minimum Gasteiger partial charge on any atom is -0.229 e. The van der Waals surface area contributed by atoms with Crippen LogP contribution in [0.15, 0.2) is 0 Å². The molecule has 1 saturated heterocycles. The summed E-state index contributed by atoms with van der Waals surface area (Å²) in [6.45, 7) is 4.44. The van der Waals surface area contributed by atoms with Gasteiger partial charge in [0, 0.05) is 5.25 Å². The lowest BCUT2D eigenvalue weighted by atomic mass is 10.4. The highest BCUT2D eigenvalue weighted by Crippen LogP contribution is 2.54. The molecule has 5 heteroatoms. The van der Waals surface area contributed by atoms with Crippen LogP contribution in [0, 0.1) is 0 Å². The smallest absolute Gasteiger partial charge is 0.151 e. The minimum absolute atomic E-state index is 0.0389. The van der Waals surface area contributed by atoms with Crippen molar-refractivity contribution >= 4 is 28.3 Å². The van der Waals surface area contributed by atoms with Crippen molar-refractivity contribution in [3.63, 3.8) is 0 Å². The fourth-order valence-corrected chi connectivity index (χ4v) is 10.3. The third-order valence-electron chi connectivity index (χ3n) is 2.43. The first-order valence-electron chi connectivity index (χ1n) is 5.69. The average Bonchev–Trinajstić information content (AvgIpc) is 2.46. The molecule has 15 heavy (non-hydrogen) atoms. The van der Waals surface area contributed by atoms with Crippen LogP contribution in [-0.2, 0) is 9.84 Å². The van der Waals surface area contributed by atoms with Crippen molar-refractivity contribution in [2.75, 3.05) is 23.8 Å². The Labute approximate surface area is 99.0 Å². The molecule has 1 rings (SSSR count). The molecule has 1 aliphatic heterocycles. The molecule has 0 aromatic heterocycles. The van der Waals surface area contributed by atoms with E-state index in [0.717, 1.165) is 6.42 Å². The van der Waals surface area contributed by atoms with Gasteiger partial charge in [-0.3, -0.25) is 0 Å². The monoisotopic (exact) mass is 268 g/mol. The quantitative estimate of drug-likeness (QED) is 0.694. The second-order valence-electron chi connectivity index (χ2n) is 4.06. The molecule has 1 aliphatic rings. The van der Waals surface area contributed by atoms with Gasteiger partial charge in [0.1, 0.15) is 0 Å². The highest BCUT2D eigenvalue weighted by Gasteiger charge is 2.29. The van der Waals surface area contributed by atoms with Crippen molar-refractivity contribution in [3.8, 4) is 0 Å². The van der Waals surface area contributed by atoms with Gasteiger partial charge in [-0.25, -0.2) is 8.42 Å². The summed E-state index contributed by atoms with van der Waals surface area (Å²) in [5.74, 6) is 0.857. The Hall–Kier alpha value is 0.730. The molecule has 0 amide bonds. The minimum atomic E-state index is -2.68. The molecule has 0 N–H and O–H groups in total. The standard InChI is InChI=1S/C10H21O2PS2/c1-3-6-13(7-4-2)14-10-5-8-15(11,12)9-10/h10H,3-9H2,1-2H3. The SMILES string of the molecule is CCCP(CCC)SC1CCS(=O)(=O)C1. The molecule has 0 aromatic rings. The van der Waals surface area contributed by atoms with Gasteiger partial charge in [0.05, 0.1) is 11.5 Å². The predicted molar refractivity (Wildman–Crippen MR) is 71.9 cm³/mol. The Morgan fingerprint density at radius 3 is 2.27 bits per heavy atom. The molecule has 2 nitrogen and oxygen atoms in total. The topological polar surface area (TPSA) is 34.1 Å². The van der Waals surface area contributed by atoms with Gasteiger partial charge >= 0.3 is 0 Å². The van der Waals surface area contributed by atoms with E-state index < -0.39 is 9.84 Å². The van der Waals surface area contributed by atoms with Crippen molar-refractivity contribution in [2.45, 2.75) is 38.4 Å². The fraction of sp³-hybridized carbons (Fsp3) is 1.00. The van der Waals surface area contributed by atoms with Crippen LogP contribution in [0.1, 0.15) is 33.1 Å². The number of sulfone groups is 1. The maximum absolute atomic E-state index is 11.3. The Morgan fingerprint density at radius 2 is 1.87 bits per heavy atom. The average molecular weight is 268 g/mol. The molecule has 0 bridgehead atoms. The van der Waals surface area contributed by atoms with Crippen LogP contribution in [0.2, 0.25) is 0 Å². The van der Waals surface area contributed by atoms with E-state index in [1.54, 1.807) is 0 Å². The maximum Gasteiger partial charge on any atom is 0.151 e. The summed E-state index contributed by atoms with van der Waals surface area (Å²) in [7, 11) is -2.64. The highest BCUT2D eigenvalue weighted by atomic mass is 32.7. The zero-order valence-electron chi connectivity index (χ0n) is 9.61. The summed E-state index contributed by atoms with van der Waals surface area (Å²) in [5.41, 5.74) is 0. The van der Waals surface area contributed by atoms with Gasteiger partial charge < -0.3 is 0 Å². The molecule has 1 unspecified atom stereocenters. The van der Waals surface area contributed by atoms with Crippen LogP contribution in [0.3, 0.4) is 0 Å². The van der Waals surface area contributed by atoms with E-state index in [2.05, 4.69) is 13.8 Å². The first-order valence-corrected chi connectivity index (χ1v) is 10.7. The Balaban J connectivity index is 2.38. The molecule has 0 radical (unpaired) electrons. The lowest BCUT2D eigenvalue weighted by Gasteiger charge is -2.18. The van der Waals surface area contributed by atoms with Crippen molar-refractivity contribution in [3.05, 3.63) is 0 Å². The molecule has 0 aliphatic carbocycles. The highest BCUT2D eigenvalue weighted by molar-refractivity contribution is 8.56. The summed E-state index contributed by atoms with van der Waals surface area (Å²) in [4.78, 5) is 0. The summed E-state index contributed by atoms with van der Waals surface area (Å²) in [6.07, 6.45) is 5.95. The van der Waals surface area contributed by atoms with Gasteiger partial charge in [-0.1, -0.05) is 26.7 Å². The van der Waals surface area contributed by atoms with Gasteiger partial charge in [-0.15, -0.1) is 11.4 Å². The zero-order chi connectivity index (χ0) is 11.3. The largest absolute Gasteiger partial charge is 0.229 e. The number of hydrogen-bond acceptors (Lipinski definition) is 3. The van der Waals surface area contributed by atoms with Gasteiger partial charge in [-0.05, 0) is 25.9 Å².